The summed E-state index contributed by atoms with van der Waals surface area (Å²) in [6.07, 6.45) is 3.06. The van der Waals surface area contributed by atoms with Gasteiger partial charge in [0.25, 0.3) is 0 Å². The Morgan fingerprint density at radius 1 is 1.20 bits per heavy atom. The largest absolute Gasteiger partial charge is 0.469 e. The fourth-order valence-electron chi connectivity index (χ4n) is 5.36. The Morgan fingerprint density at radius 2 is 1.93 bits per heavy atom. The number of likely N-dealkylation sites (tertiary alicyclic amines) is 1. The zero-order valence-electron chi connectivity index (χ0n) is 26.5. The number of H-pyrrole nitrogens is 1. The second kappa shape index (κ2) is 15.6. The Kier molecular flexibility index (Phi) is 11.7. The second-order valence-corrected chi connectivity index (χ2v) is 11.4. The van der Waals surface area contributed by atoms with Crippen LogP contribution >= 0.6 is 0 Å². The molecule has 2 atom stereocenters. The van der Waals surface area contributed by atoms with Crippen molar-refractivity contribution in [2.75, 3.05) is 46.1 Å². The molecular weight excluding hydrogens is 580 g/mol. The number of rotatable bonds is 16. The van der Waals surface area contributed by atoms with Crippen molar-refractivity contribution in [2.24, 2.45) is 0 Å². The summed E-state index contributed by atoms with van der Waals surface area (Å²) in [6.45, 7) is 6.16. The fraction of sp³-hybridized carbons (Fsp3) is 0.548. The summed E-state index contributed by atoms with van der Waals surface area (Å²) >= 11 is 0. The van der Waals surface area contributed by atoms with E-state index >= 15 is 0 Å². The minimum Gasteiger partial charge on any atom is -0.469 e. The number of anilines is 1. The molecule has 14 heteroatoms. The normalized spacial score (nSPS) is 15.7. The highest BCUT2D eigenvalue weighted by Gasteiger charge is 2.30. The summed E-state index contributed by atoms with van der Waals surface area (Å²) < 4.78 is 11.8. The van der Waals surface area contributed by atoms with Crippen molar-refractivity contribution in [3.05, 3.63) is 45.9 Å². The highest BCUT2D eigenvalue weighted by atomic mass is 16.5. The number of ether oxygens (including phenoxy) is 2. The molecule has 45 heavy (non-hydrogen) atoms. The average molecular weight is 625 g/mol. The van der Waals surface area contributed by atoms with E-state index in [-0.39, 0.29) is 55.0 Å². The molecule has 1 saturated heterocycles. The first kappa shape index (κ1) is 33.6. The van der Waals surface area contributed by atoms with Crippen molar-refractivity contribution in [1.29, 1.82) is 0 Å². The molecule has 0 radical (unpaired) electrons. The highest BCUT2D eigenvalue weighted by molar-refractivity contribution is 5.86. The molecule has 1 fully saturated rings. The smallest absolute Gasteiger partial charge is 0.327 e. The Labute approximate surface area is 262 Å². The summed E-state index contributed by atoms with van der Waals surface area (Å²) in [7, 11) is 3.14. The van der Waals surface area contributed by atoms with Crippen LogP contribution in [-0.4, -0.2) is 99.5 Å². The van der Waals surface area contributed by atoms with Crippen LogP contribution in [0.15, 0.2) is 29.1 Å². The Morgan fingerprint density at radius 3 is 2.62 bits per heavy atom. The van der Waals surface area contributed by atoms with Crippen molar-refractivity contribution in [1.82, 2.24) is 34.6 Å². The maximum Gasteiger partial charge on any atom is 0.327 e. The van der Waals surface area contributed by atoms with Crippen molar-refractivity contribution in [3.8, 4) is 6.01 Å². The molecule has 1 aromatic carbocycles. The molecule has 0 aliphatic carbocycles. The number of unbranched alkanes of at least 4 members (excludes halogenated alkanes) is 1. The highest BCUT2D eigenvalue weighted by Crippen LogP contribution is 2.19. The lowest BCUT2D eigenvalue weighted by Crippen LogP contribution is -2.44. The van der Waals surface area contributed by atoms with E-state index in [2.05, 4.69) is 25.2 Å². The van der Waals surface area contributed by atoms with Gasteiger partial charge in [-0.1, -0.05) is 37.6 Å². The second-order valence-electron chi connectivity index (χ2n) is 11.4. The Balaban J connectivity index is 1.49. The van der Waals surface area contributed by atoms with Gasteiger partial charge in [0, 0.05) is 46.2 Å². The Bertz CT molecular complexity index is 1540. The first-order valence-corrected chi connectivity index (χ1v) is 15.3. The lowest BCUT2D eigenvalue weighted by atomic mass is 10.1. The number of carbonyl (C=O) groups excluding carboxylic acids is 3. The number of ketones is 1. The number of amides is 1. The number of nitrogens with zero attached hydrogens (tertiary/aromatic N) is 5. The molecule has 4 N–H and O–H groups in total. The lowest BCUT2D eigenvalue weighted by molar-refractivity contribution is -0.139. The van der Waals surface area contributed by atoms with E-state index in [4.69, 9.17) is 15.2 Å². The third-order valence-electron chi connectivity index (χ3n) is 8.21. The number of likely N-dealkylation sites (N-methyl/N-ethyl adjacent to an activating group) is 1. The number of nitrogen functional groups attached to an aromatic ring is 1. The molecule has 244 valence electrons. The van der Waals surface area contributed by atoms with Crippen LogP contribution < -0.4 is 21.5 Å². The molecule has 2 unspecified atom stereocenters. The number of benzene rings is 1. The summed E-state index contributed by atoms with van der Waals surface area (Å²) in [5.41, 5.74) is 8.11. The van der Waals surface area contributed by atoms with Gasteiger partial charge in [-0.3, -0.25) is 23.9 Å². The summed E-state index contributed by atoms with van der Waals surface area (Å²) in [5.74, 6) is -0.223. The van der Waals surface area contributed by atoms with Crippen molar-refractivity contribution >= 4 is 34.6 Å². The number of methoxy groups -OCH3 is 1. The van der Waals surface area contributed by atoms with Crippen LogP contribution in [-0.2, 0) is 38.6 Å². The maximum absolute atomic E-state index is 13.7. The van der Waals surface area contributed by atoms with E-state index in [0.717, 1.165) is 30.4 Å². The number of Topliss-reactive ketones (excluding diaryl/α,β-unsaturated/α-hetero) is 1. The number of imidazole rings is 1. The lowest BCUT2D eigenvalue weighted by Gasteiger charge is -2.24. The van der Waals surface area contributed by atoms with Gasteiger partial charge in [-0.15, -0.1) is 0 Å². The number of hydrogen-bond acceptors (Lipinski definition) is 11. The van der Waals surface area contributed by atoms with E-state index in [1.165, 1.54) is 11.7 Å². The molecular formula is C31H44N8O6. The topological polar surface area (TPSA) is 178 Å². The number of aromatic nitrogens is 4. The molecule has 0 bridgehead atoms. The minimum atomic E-state index is -0.583. The molecule has 2 aromatic heterocycles. The maximum atomic E-state index is 13.7. The SMILES string of the molecule is CCCCOc1nc(N)c2[nH]c(=O)n(CCC(NCc3ccc(CC(=O)OC)cc3)C(=O)CN3CCC(N(C)C(C)=O)C3)c2n1. The monoisotopic (exact) mass is 624 g/mol. The van der Waals surface area contributed by atoms with Gasteiger partial charge in [0.05, 0.1) is 32.7 Å². The molecule has 3 heterocycles. The van der Waals surface area contributed by atoms with Gasteiger partial charge in [-0.2, -0.15) is 9.97 Å². The van der Waals surface area contributed by atoms with E-state index in [1.54, 1.807) is 18.9 Å². The number of hydrogen-bond donors (Lipinski definition) is 3. The van der Waals surface area contributed by atoms with Crippen molar-refractivity contribution < 1.29 is 23.9 Å². The molecule has 0 saturated carbocycles. The Hall–Kier alpha value is -4.30. The molecule has 1 aliphatic heterocycles. The van der Waals surface area contributed by atoms with Crippen LogP contribution in [0.4, 0.5) is 5.82 Å². The summed E-state index contributed by atoms with van der Waals surface area (Å²) in [5, 5.41) is 3.38. The van der Waals surface area contributed by atoms with Crippen LogP contribution in [0.5, 0.6) is 6.01 Å². The van der Waals surface area contributed by atoms with Gasteiger partial charge >= 0.3 is 17.7 Å². The van der Waals surface area contributed by atoms with Gasteiger partial charge < -0.3 is 30.4 Å². The van der Waals surface area contributed by atoms with Crippen molar-refractivity contribution in [2.45, 2.75) is 71.1 Å². The minimum absolute atomic E-state index is 0.00198. The van der Waals surface area contributed by atoms with Gasteiger partial charge in [-0.05, 0) is 30.4 Å². The molecule has 14 nitrogen and oxygen atoms in total. The number of aromatic amines is 1. The number of fused-ring (bicyclic) bond motifs is 1. The van der Waals surface area contributed by atoms with Crippen LogP contribution in [0.2, 0.25) is 0 Å². The fourth-order valence-corrected chi connectivity index (χ4v) is 5.36. The van der Waals surface area contributed by atoms with Crippen LogP contribution in [0.1, 0.15) is 50.7 Å². The third-order valence-corrected chi connectivity index (χ3v) is 8.21. The number of nitrogens with two attached hydrogens (primary N) is 1. The van der Waals surface area contributed by atoms with Gasteiger partial charge in [0.15, 0.2) is 17.2 Å². The number of aryl methyl sites for hydroxylation is 1. The van der Waals surface area contributed by atoms with E-state index in [0.29, 0.717) is 43.8 Å². The molecule has 3 aromatic rings. The van der Waals surface area contributed by atoms with Crippen LogP contribution in [0, 0.1) is 0 Å². The molecule has 1 amide bonds. The van der Waals surface area contributed by atoms with E-state index in [9.17, 15) is 19.2 Å². The number of esters is 1. The third kappa shape index (κ3) is 8.88. The van der Waals surface area contributed by atoms with E-state index < -0.39 is 11.7 Å². The predicted octanol–water partition coefficient (Wildman–Crippen LogP) is 1.27. The first-order chi connectivity index (χ1) is 21.6. The zero-order chi connectivity index (χ0) is 32.5. The molecule has 0 spiro atoms. The van der Waals surface area contributed by atoms with E-state index in [1.807, 2.05) is 31.2 Å². The molecule has 1 aliphatic rings. The number of nitrogens with one attached hydrogen (secondary N) is 2. The summed E-state index contributed by atoms with van der Waals surface area (Å²) in [4.78, 5) is 65.3. The summed E-state index contributed by atoms with van der Waals surface area (Å²) in [6, 6.07) is 7.10. The number of carbonyl (C=O) groups is 3. The average Bonchev–Trinajstić information content (AvgIpc) is 3.61. The van der Waals surface area contributed by atoms with Crippen LogP contribution in [0.25, 0.3) is 11.2 Å². The standard InChI is InChI=1S/C31H44N8O6/c1-5-6-15-45-30-35-28(32)27-29(36-30)39(31(43)34-27)14-12-24(25(41)19-38-13-11-23(18-38)37(3)20(2)40)33-17-22-9-7-21(8-10-22)16-26(42)44-4/h7-10,23-24,33H,5-6,11-19H2,1-4H3,(H,34,43)(H2,32,35,36). The van der Waals surface area contributed by atoms with Gasteiger partial charge in [0.2, 0.25) is 5.91 Å². The molecule has 4 rings (SSSR count). The van der Waals surface area contributed by atoms with Gasteiger partial charge in [0.1, 0.15) is 5.52 Å². The van der Waals surface area contributed by atoms with Crippen molar-refractivity contribution in [3.63, 3.8) is 0 Å². The first-order valence-electron chi connectivity index (χ1n) is 15.3. The predicted molar refractivity (Wildman–Crippen MR) is 169 cm³/mol. The quantitative estimate of drug-likeness (QED) is 0.154. The zero-order valence-corrected chi connectivity index (χ0v) is 26.5. The van der Waals surface area contributed by atoms with Gasteiger partial charge in [-0.25, -0.2) is 4.79 Å². The van der Waals surface area contributed by atoms with Crippen LogP contribution in [0.3, 0.4) is 0 Å².